The fourth-order valence-electron chi connectivity index (χ4n) is 2.82. The molecule has 0 atom stereocenters. The van der Waals surface area contributed by atoms with Crippen LogP contribution in [0.1, 0.15) is 48.5 Å². The minimum atomic E-state index is 0.0954. The first-order valence-electron chi connectivity index (χ1n) is 7.31. The van der Waals surface area contributed by atoms with E-state index >= 15 is 0 Å². The molecule has 1 aromatic carbocycles. The van der Waals surface area contributed by atoms with Crippen molar-refractivity contribution in [2.75, 3.05) is 13.1 Å². The van der Waals surface area contributed by atoms with Gasteiger partial charge in [-0.05, 0) is 30.9 Å². The fourth-order valence-corrected chi connectivity index (χ4v) is 2.95. The molecule has 1 saturated heterocycles. The second kappa shape index (κ2) is 6.84. The summed E-state index contributed by atoms with van der Waals surface area (Å²) in [7, 11) is 0. The third-order valence-electron chi connectivity index (χ3n) is 3.99. The minimum absolute atomic E-state index is 0.0954. The molecule has 0 unspecified atom stereocenters. The number of benzene rings is 1. The van der Waals surface area contributed by atoms with E-state index in [0.29, 0.717) is 10.6 Å². The van der Waals surface area contributed by atoms with E-state index in [1.165, 1.54) is 12.8 Å². The number of piperidine rings is 1. The van der Waals surface area contributed by atoms with Crippen LogP contribution < -0.4 is 5.73 Å². The van der Waals surface area contributed by atoms with Gasteiger partial charge in [-0.3, -0.25) is 4.79 Å². The number of thiocarbonyl (C=S) groups is 1. The summed E-state index contributed by atoms with van der Waals surface area (Å²) >= 11 is 4.96. The van der Waals surface area contributed by atoms with Crippen LogP contribution in [0.3, 0.4) is 0 Å². The molecule has 1 aromatic rings. The minimum Gasteiger partial charge on any atom is -0.389 e. The maximum absolute atomic E-state index is 12.5. The molecule has 1 amide bonds. The largest absolute Gasteiger partial charge is 0.389 e. The van der Waals surface area contributed by atoms with E-state index in [2.05, 4.69) is 6.92 Å². The van der Waals surface area contributed by atoms with Gasteiger partial charge in [-0.15, -0.1) is 0 Å². The lowest BCUT2D eigenvalue weighted by molar-refractivity contribution is 0.0686. The molecular formula is C16H22N2OS. The lowest BCUT2D eigenvalue weighted by Gasteiger charge is -2.32. The summed E-state index contributed by atoms with van der Waals surface area (Å²) in [6, 6.07) is 7.31. The van der Waals surface area contributed by atoms with Crippen LogP contribution in [0.5, 0.6) is 0 Å². The Hall–Kier alpha value is -1.42. The van der Waals surface area contributed by atoms with E-state index in [9.17, 15) is 4.79 Å². The third-order valence-corrected chi connectivity index (χ3v) is 4.23. The van der Waals surface area contributed by atoms with Gasteiger partial charge in [0, 0.05) is 24.2 Å². The molecule has 2 N–H and O–H groups in total. The van der Waals surface area contributed by atoms with Gasteiger partial charge in [-0.2, -0.15) is 0 Å². The smallest absolute Gasteiger partial charge is 0.253 e. The summed E-state index contributed by atoms with van der Waals surface area (Å²) in [4.78, 5) is 14.8. The van der Waals surface area contributed by atoms with Crippen LogP contribution in [0, 0.1) is 5.92 Å². The highest BCUT2D eigenvalue weighted by Crippen LogP contribution is 2.23. The number of hydrogen-bond acceptors (Lipinski definition) is 2. The van der Waals surface area contributed by atoms with E-state index in [1.807, 2.05) is 23.1 Å². The number of rotatable bonds is 4. The van der Waals surface area contributed by atoms with E-state index in [1.54, 1.807) is 6.07 Å². The van der Waals surface area contributed by atoms with Crippen molar-refractivity contribution < 1.29 is 4.79 Å². The molecule has 1 fully saturated rings. The van der Waals surface area contributed by atoms with E-state index < -0.39 is 0 Å². The Morgan fingerprint density at radius 3 is 2.60 bits per heavy atom. The SMILES string of the molecule is CCCC1CCN(C(=O)c2cccc(C(N)=S)c2)CC1. The molecule has 2 rings (SSSR count). The maximum Gasteiger partial charge on any atom is 0.253 e. The Bertz CT molecular complexity index is 493. The second-order valence-electron chi connectivity index (χ2n) is 5.47. The van der Waals surface area contributed by atoms with Crippen molar-refractivity contribution in [3.05, 3.63) is 35.4 Å². The summed E-state index contributed by atoms with van der Waals surface area (Å²) in [5, 5.41) is 0. The predicted molar refractivity (Wildman–Crippen MR) is 85.9 cm³/mol. The molecule has 1 heterocycles. The summed E-state index contributed by atoms with van der Waals surface area (Å²) in [6.45, 7) is 3.94. The lowest BCUT2D eigenvalue weighted by atomic mass is 9.92. The van der Waals surface area contributed by atoms with Gasteiger partial charge >= 0.3 is 0 Å². The molecule has 0 spiro atoms. The zero-order valence-electron chi connectivity index (χ0n) is 12.0. The standard InChI is InChI=1S/C16H22N2OS/c1-2-4-12-7-9-18(10-8-12)16(19)14-6-3-5-13(11-14)15(17)20/h3,5-6,11-12H,2,4,7-10H2,1H3,(H2,17,20). The number of amides is 1. The molecule has 3 nitrogen and oxygen atoms in total. The lowest BCUT2D eigenvalue weighted by Crippen LogP contribution is -2.38. The first kappa shape index (κ1) is 15.0. The van der Waals surface area contributed by atoms with Crippen LogP contribution in [-0.2, 0) is 0 Å². The molecule has 0 aliphatic carbocycles. The average Bonchev–Trinajstić information content (AvgIpc) is 2.48. The summed E-state index contributed by atoms with van der Waals surface area (Å²) in [5.41, 5.74) is 7.06. The average molecular weight is 290 g/mol. The van der Waals surface area contributed by atoms with E-state index in [0.717, 1.165) is 37.4 Å². The van der Waals surface area contributed by atoms with Gasteiger partial charge in [0.1, 0.15) is 4.99 Å². The highest BCUT2D eigenvalue weighted by Gasteiger charge is 2.23. The van der Waals surface area contributed by atoms with E-state index in [-0.39, 0.29) is 5.91 Å². The molecule has 0 aromatic heterocycles. The Labute approximate surface area is 126 Å². The van der Waals surface area contributed by atoms with Gasteiger partial charge in [0.25, 0.3) is 5.91 Å². The summed E-state index contributed by atoms with van der Waals surface area (Å²) < 4.78 is 0. The first-order valence-corrected chi connectivity index (χ1v) is 7.71. The molecule has 1 aliphatic heterocycles. The van der Waals surface area contributed by atoms with Crippen molar-refractivity contribution >= 4 is 23.1 Å². The molecule has 0 bridgehead atoms. The number of hydrogen-bond donors (Lipinski definition) is 1. The van der Waals surface area contributed by atoms with Crippen molar-refractivity contribution in [1.82, 2.24) is 4.90 Å². The molecular weight excluding hydrogens is 268 g/mol. The van der Waals surface area contributed by atoms with Crippen LogP contribution in [0.25, 0.3) is 0 Å². The van der Waals surface area contributed by atoms with Crippen LogP contribution in [-0.4, -0.2) is 28.9 Å². The zero-order chi connectivity index (χ0) is 14.5. The van der Waals surface area contributed by atoms with Gasteiger partial charge in [0.05, 0.1) is 0 Å². The topological polar surface area (TPSA) is 46.3 Å². The third kappa shape index (κ3) is 3.57. The Morgan fingerprint density at radius 2 is 2.00 bits per heavy atom. The van der Waals surface area contributed by atoms with E-state index in [4.69, 9.17) is 18.0 Å². The van der Waals surface area contributed by atoms with Gasteiger partial charge in [-0.25, -0.2) is 0 Å². The number of carbonyl (C=O) groups is 1. The number of nitrogens with zero attached hydrogens (tertiary/aromatic N) is 1. The van der Waals surface area contributed by atoms with Crippen LogP contribution in [0.2, 0.25) is 0 Å². The molecule has 4 heteroatoms. The zero-order valence-corrected chi connectivity index (χ0v) is 12.8. The van der Waals surface area contributed by atoms with Gasteiger partial charge in [-0.1, -0.05) is 44.1 Å². The molecule has 0 radical (unpaired) electrons. The second-order valence-corrected chi connectivity index (χ2v) is 5.91. The summed E-state index contributed by atoms with van der Waals surface area (Å²) in [5.74, 6) is 0.880. The normalized spacial score (nSPS) is 16.1. The Morgan fingerprint density at radius 1 is 1.35 bits per heavy atom. The van der Waals surface area contributed by atoms with Crippen molar-refractivity contribution in [3.63, 3.8) is 0 Å². The highest BCUT2D eigenvalue weighted by atomic mass is 32.1. The van der Waals surface area contributed by atoms with Crippen molar-refractivity contribution in [3.8, 4) is 0 Å². The first-order chi connectivity index (χ1) is 9.61. The van der Waals surface area contributed by atoms with Crippen LogP contribution in [0.15, 0.2) is 24.3 Å². The predicted octanol–water partition coefficient (Wildman–Crippen LogP) is 2.97. The van der Waals surface area contributed by atoms with Crippen LogP contribution in [0.4, 0.5) is 0 Å². The number of likely N-dealkylation sites (tertiary alicyclic amines) is 1. The molecule has 20 heavy (non-hydrogen) atoms. The molecule has 108 valence electrons. The van der Waals surface area contributed by atoms with Gasteiger partial charge < -0.3 is 10.6 Å². The monoisotopic (exact) mass is 290 g/mol. The van der Waals surface area contributed by atoms with Crippen molar-refractivity contribution in [2.24, 2.45) is 11.7 Å². The number of nitrogens with two attached hydrogens (primary N) is 1. The van der Waals surface area contributed by atoms with Crippen LogP contribution >= 0.6 is 12.2 Å². The summed E-state index contributed by atoms with van der Waals surface area (Å²) in [6.07, 6.45) is 4.75. The quantitative estimate of drug-likeness (QED) is 0.867. The van der Waals surface area contributed by atoms with Crippen molar-refractivity contribution in [2.45, 2.75) is 32.6 Å². The Balaban J connectivity index is 2.02. The molecule has 1 aliphatic rings. The van der Waals surface area contributed by atoms with Crippen molar-refractivity contribution in [1.29, 1.82) is 0 Å². The number of carbonyl (C=O) groups excluding carboxylic acids is 1. The maximum atomic E-state index is 12.5. The fraction of sp³-hybridized carbons (Fsp3) is 0.500. The highest BCUT2D eigenvalue weighted by molar-refractivity contribution is 7.80. The molecule has 0 saturated carbocycles. The van der Waals surface area contributed by atoms with Gasteiger partial charge in [0.2, 0.25) is 0 Å². The Kier molecular flexibility index (Phi) is 5.12. The van der Waals surface area contributed by atoms with Gasteiger partial charge in [0.15, 0.2) is 0 Å².